The molecule has 172 valence electrons. The van der Waals surface area contributed by atoms with Crippen molar-refractivity contribution in [3.8, 4) is 0 Å². The number of unbranched alkanes of at least 4 members (excludes halogenated alkanes) is 1. The maximum Gasteiger partial charge on any atom is 0.472 e. The van der Waals surface area contributed by atoms with E-state index in [2.05, 4.69) is 4.74 Å². The molecule has 0 radical (unpaired) electrons. The molecule has 30 heavy (non-hydrogen) atoms. The van der Waals surface area contributed by atoms with Crippen LogP contribution in [0.25, 0.3) is 0 Å². The number of hydrogen-bond acceptors (Lipinski definition) is 7. The summed E-state index contributed by atoms with van der Waals surface area (Å²) in [7, 11) is -2.85. The molecule has 0 amide bonds. The summed E-state index contributed by atoms with van der Waals surface area (Å²) in [6.07, 6.45) is 4.76. The molecule has 1 N–H and O–H groups in total. The zero-order valence-corrected chi connectivity index (χ0v) is 19.0. The lowest BCUT2D eigenvalue weighted by molar-refractivity contribution is -0.697. The van der Waals surface area contributed by atoms with Gasteiger partial charge in [0.15, 0.2) is 18.9 Å². The minimum Gasteiger partial charge on any atom is -0.469 e. The molecule has 0 bridgehead atoms. The fourth-order valence-electron chi connectivity index (χ4n) is 2.36. The Balaban J connectivity index is 2.37. The number of rotatable bonds is 17. The molecule has 2 unspecified atom stereocenters. The second-order valence-corrected chi connectivity index (χ2v) is 8.62. The zero-order chi connectivity index (χ0) is 22.2. The topological polar surface area (TPSA) is 104 Å². The van der Waals surface area contributed by atoms with Gasteiger partial charge in [0.05, 0.1) is 20.3 Å². The molecule has 1 heterocycles. The highest BCUT2D eigenvalue weighted by atomic mass is 31.2. The number of pyridine rings is 1. The average Bonchev–Trinajstić information content (AvgIpc) is 2.71. The molecule has 1 rings (SSSR count). The van der Waals surface area contributed by atoms with Crippen LogP contribution in [0.5, 0.6) is 0 Å². The first kappa shape index (κ1) is 26.7. The zero-order valence-electron chi connectivity index (χ0n) is 18.1. The monoisotopic (exact) mass is 448 g/mol. The normalized spacial score (nSPS) is 14.4. The Hall–Kier alpha value is -1.35. The van der Waals surface area contributed by atoms with E-state index in [0.29, 0.717) is 44.9 Å². The van der Waals surface area contributed by atoms with E-state index in [1.807, 2.05) is 49.0 Å². The van der Waals surface area contributed by atoms with E-state index in [0.717, 1.165) is 0 Å². The predicted octanol–water partition coefficient (Wildman–Crippen LogP) is 2.51. The van der Waals surface area contributed by atoms with Crippen molar-refractivity contribution in [1.82, 2.24) is 0 Å². The van der Waals surface area contributed by atoms with Gasteiger partial charge in [-0.1, -0.05) is 19.9 Å². The van der Waals surface area contributed by atoms with Crippen molar-refractivity contribution in [3.05, 3.63) is 30.6 Å². The molecule has 2 atom stereocenters. The molecule has 0 aliphatic rings. The van der Waals surface area contributed by atoms with Crippen LogP contribution in [0.3, 0.4) is 0 Å². The van der Waals surface area contributed by atoms with Gasteiger partial charge in [-0.3, -0.25) is 13.8 Å². The van der Waals surface area contributed by atoms with Gasteiger partial charge in [-0.25, -0.2) is 9.13 Å². The van der Waals surface area contributed by atoms with Gasteiger partial charge in [0, 0.05) is 31.8 Å². The number of nitrogens with zero attached hydrogens (tertiary/aromatic N) is 1. The molecule has 1 aromatic rings. The van der Waals surface area contributed by atoms with Gasteiger partial charge in [0.1, 0.15) is 12.7 Å². The predicted molar refractivity (Wildman–Crippen MR) is 110 cm³/mol. The van der Waals surface area contributed by atoms with Gasteiger partial charge in [-0.15, -0.1) is 0 Å². The fourth-order valence-corrected chi connectivity index (χ4v) is 3.10. The van der Waals surface area contributed by atoms with Crippen molar-refractivity contribution in [2.45, 2.75) is 45.8 Å². The van der Waals surface area contributed by atoms with E-state index in [1.165, 1.54) is 7.11 Å². The van der Waals surface area contributed by atoms with Crippen LogP contribution in [0.4, 0.5) is 0 Å². The second-order valence-electron chi connectivity index (χ2n) is 7.17. The van der Waals surface area contributed by atoms with Crippen LogP contribution in [-0.4, -0.2) is 57.1 Å². The van der Waals surface area contributed by atoms with E-state index >= 15 is 0 Å². The Bertz CT molecular complexity index is 628. The highest BCUT2D eigenvalue weighted by Gasteiger charge is 2.24. The maximum absolute atomic E-state index is 12.1. The fraction of sp³-hybridized carbons (Fsp3) is 0.700. The standard InChI is InChI=1S/C20H34NO8P/c1-18(2)15-26-16-19(27-13-8-5-9-20(22)25-3)17-29-30(23,24)28-14-12-21-10-6-4-7-11-21/h4,6-7,10-11,18-19H,5,8-9,12-17H2,1-3H3/p+1. The van der Waals surface area contributed by atoms with E-state index in [1.54, 1.807) is 0 Å². The van der Waals surface area contributed by atoms with Crippen LogP contribution in [0.1, 0.15) is 33.1 Å². The Morgan fingerprint density at radius 3 is 2.43 bits per heavy atom. The van der Waals surface area contributed by atoms with Crippen molar-refractivity contribution in [1.29, 1.82) is 0 Å². The highest BCUT2D eigenvalue weighted by Crippen LogP contribution is 2.43. The minimum absolute atomic E-state index is 0.0331. The molecule has 1 aromatic heterocycles. The molecule has 0 aromatic carbocycles. The van der Waals surface area contributed by atoms with Gasteiger partial charge in [0.25, 0.3) is 0 Å². The molecule has 9 nitrogen and oxygen atoms in total. The molecule has 0 aliphatic heterocycles. The third-order valence-corrected chi connectivity index (χ3v) is 4.90. The van der Waals surface area contributed by atoms with Gasteiger partial charge in [0.2, 0.25) is 0 Å². The van der Waals surface area contributed by atoms with Gasteiger partial charge < -0.3 is 19.1 Å². The molecule has 0 saturated carbocycles. The molecule has 0 aliphatic carbocycles. The quantitative estimate of drug-likeness (QED) is 0.168. The average molecular weight is 448 g/mol. The number of esters is 1. The van der Waals surface area contributed by atoms with Crippen LogP contribution in [0, 0.1) is 5.92 Å². The lowest BCUT2D eigenvalue weighted by atomic mass is 10.2. The minimum atomic E-state index is -4.21. The molecule has 10 heteroatoms. The second kappa shape index (κ2) is 15.5. The first-order chi connectivity index (χ1) is 14.3. The van der Waals surface area contributed by atoms with Crippen molar-refractivity contribution in [2.24, 2.45) is 5.92 Å². The Morgan fingerprint density at radius 1 is 1.03 bits per heavy atom. The van der Waals surface area contributed by atoms with E-state index in [9.17, 15) is 14.3 Å². The summed E-state index contributed by atoms with van der Waals surface area (Å²) >= 11 is 0. The lowest BCUT2D eigenvalue weighted by Crippen LogP contribution is -2.34. The van der Waals surface area contributed by atoms with Gasteiger partial charge in [-0.2, -0.15) is 0 Å². The first-order valence-corrected chi connectivity index (χ1v) is 11.6. The molecule has 0 spiro atoms. The molecule has 0 fully saturated rings. The Kier molecular flexibility index (Phi) is 13.7. The molecular formula is C20H35NO8P+. The summed E-state index contributed by atoms with van der Waals surface area (Å²) in [6.45, 7) is 5.52. The van der Waals surface area contributed by atoms with Crippen LogP contribution in [0.15, 0.2) is 30.6 Å². The number of phosphoric acid groups is 1. The van der Waals surface area contributed by atoms with Crippen molar-refractivity contribution in [3.63, 3.8) is 0 Å². The van der Waals surface area contributed by atoms with E-state index < -0.39 is 13.9 Å². The summed E-state index contributed by atoms with van der Waals surface area (Å²) < 4.78 is 40.0. The smallest absolute Gasteiger partial charge is 0.469 e. The van der Waals surface area contributed by atoms with Crippen molar-refractivity contribution < 1.29 is 42.1 Å². The van der Waals surface area contributed by atoms with Crippen LogP contribution < -0.4 is 4.57 Å². The summed E-state index contributed by atoms with van der Waals surface area (Å²) in [5.74, 6) is 0.0940. The SMILES string of the molecule is COC(=O)CCCCOC(COCC(C)C)COP(=O)(O)OCC[n+]1ccccc1. The molecular weight excluding hydrogens is 413 g/mol. The number of carbonyl (C=O) groups is 1. The molecule has 0 saturated heterocycles. The highest BCUT2D eigenvalue weighted by molar-refractivity contribution is 7.47. The summed E-state index contributed by atoms with van der Waals surface area (Å²) in [4.78, 5) is 21.0. The van der Waals surface area contributed by atoms with Gasteiger partial charge in [-0.05, 0) is 18.8 Å². The van der Waals surface area contributed by atoms with Crippen molar-refractivity contribution >= 4 is 13.8 Å². The lowest BCUT2D eigenvalue weighted by Gasteiger charge is -2.20. The van der Waals surface area contributed by atoms with E-state index in [-0.39, 0.29) is 25.8 Å². The summed E-state index contributed by atoms with van der Waals surface area (Å²) in [5.41, 5.74) is 0. The third kappa shape index (κ3) is 13.8. The number of hydrogen-bond donors (Lipinski definition) is 1. The summed E-state index contributed by atoms with van der Waals surface area (Å²) in [6, 6.07) is 5.60. The number of carbonyl (C=O) groups excluding carboxylic acids is 1. The van der Waals surface area contributed by atoms with Crippen LogP contribution >= 0.6 is 7.82 Å². The first-order valence-electron chi connectivity index (χ1n) is 10.1. The van der Waals surface area contributed by atoms with Crippen LogP contribution in [0.2, 0.25) is 0 Å². The van der Waals surface area contributed by atoms with Crippen molar-refractivity contribution in [2.75, 3.05) is 40.1 Å². The van der Waals surface area contributed by atoms with Crippen LogP contribution in [-0.2, 0) is 39.2 Å². The number of aromatic nitrogens is 1. The Morgan fingerprint density at radius 2 is 1.77 bits per heavy atom. The Labute approximate surface area is 178 Å². The third-order valence-electron chi connectivity index (χ3n) is 3.92. The van der Waals surface area contributed by atoms with Gasteiger partial charge >= 0.3 is 13.8 Å². The number of phosphoric ester groups is 1. The summed E-state index contributed by atoms with van der Waals surface area (Å²) in [5, 5.41) is 0. The number of ether oxygens (including phenoxy) is 3. The van der Waals surface area contributed by atoms with E-state index in [4.69, 9.17) is 18.5 Å². The number of methoxy groups -OCH3 is 1. The maximum atomic E-state index is 12.1. The largest absolute Gasteiger partial charge is 0.472 e.